The summed E-state index contributed by atoms with van der Waals surface area (Å²) in [4.78, 5) is 8.15. The molecule has 1 aromatic heterocycles. The van der Waals surface area contributed by atoms with Gasteiger partial charge in [0.15, 0.2) is 0 Å². The van der Waals surface area contributed by atoms with Crippen molar-refractivity contribution in [3.05, 3.63) is 65.5 Å². The highest BCUT2D eigenvalue weighted by atomic mass is 15.0. The molecule has 0 unspecified atom stereocenters. The average Bonchev–Trinajstić information content (AvgIpc) is 2.90. The summed E-state index contributed by atoms with van der Waals surface area (Å²) in [5.74, 6) is 1.01. The molecule has 94 valence electrons. The number of nitrogens with zero attached hydrogens (tertiary/aromatic N) is 1. The molecule has 1 aliphatic rings. The van der Waals surface area contributed by atoms with E-state index in [2.05, 4.69) is 40.6 Å². The van der Waals surface area contributed by atoms with Crippen LogP contribution in [0.1, 0.15) is 23.0 Å². The number of H-pyrrole nitrogens is 1. The number of fused-ring (bicyclic) bond motifs is 2. The molecule has 0 aliphatic carbocycles. The lowest BCUT2D eigenvalue weighted by molar-refractivity contribution is 0.549. The van der Waals surface area contributed by atoms with Crippen LogP contribution in [0.4, 0.5) is 0 Å². The molecule has 0 radical (unpaired) electrons. The first kappa shape index (κ1) is 10.8. The number of hydrogen-bond donors (Lipinski definition) is 2. The summed E-state index contributed by atoms with van der Waals surface area (Å²) in [6, 6.07) is 17.0. The lowest BCUT2D eigenvalue weighted by atomic mass is 9.94. The van der Waals surface area contributed by atoms with E-state index in [9.17, 15) is 0 Å². The summed E-state index contributed by atoms with van der Waals surface area (Å²) >= 11 is 0. The molecule has 0 amide bonds. The zero-order valence-corrected chi connectivity index (χ0v) is 10.6. The van der Waals surface area contributed by atoms with Gasteiger partial charge in [0.1, 0.15) is 5.82 Å². The van der Waals surface area contributed by atoms with E-state index in [0.717, 1.165) is 29.8 Å². The van der Waals surface area contributed by atoms with E-state index in [-0.39, 0.29) is 6.04 Å². The second-order valence-corrected chi connectivity index (χ2v) is 4.98. The number of aromatic amines is 1. The number of imidazole rings is 1. The van der Waals surface area contributed by atoms with Gasteiger partial charge >= 0.3 is 0 Å². The summed E-state index contributed by atoms with van der Waals surface area (Å²) in [5.41, 5.74) is 4.89. The summed E-state index contributed by atoms with van der Waals surface area (Å²) in [6.07, 6.45) is 1.09. The fourth-order valence-corrected chi connectivity index (χ4v) is 2.86. The first-order valence-electron chi connectivity index (χ1n) is 6.68. The van der Waals surface area contributed by atoms with Crippen molar-refractivity contribution >= 4 is 11.0 Å². The fraction of sp³-hybridized carbons (Fsp3) is 0.188. The number of nitrogens with one attached hydrogen (secondary N) is 2. The van der Waals surface area contributed by atoms with E-state index in [4.69, 9.17) is 4.98 Å². The van der Waals surface area contributed by atoms with E-state index in [1.807, 2.05) is 18.2 Å². The molecule has 3 nitrogen and oxygen atoms in total. The molecule has 3 aromatic rings. The minimum absolute atomic E-state index is 0.178. The third-order valence-electron chi connectivity index (χ3n) is 3.79. The van der Waals surface area contributed by atoms with Crippen molar-refractivity contribution < 1.29 is 0 Å². The highest BCUT2D eigenvalue weighted by molar-refractivity contribution is 5.75. The van der Waals surface area contributed by atoms with Gasteiger partial charge in [-0.15, -0.1) is 0 Å². The van der Waals surface area contributed by atoms with Crippen molar-refractivity contribution in [2.24, 2.45) is 0 Å². The Bertz CT molecular complexity index is 696. The van der Waals surface area contributed by atoms with Gasteiger partial charge in [-0.25, -0.2) is 4.98 Å². The second-order valence-electron chi connectivity index (χ2n) is 4.98. The Morgan fingerprint density at radius 3 is 2.79 bits per heavy atom. The third-order valence-corrected chi connectivity index (χ3v) is 3.79. The van der Waals surface area contributed by atoms with Crippen LogP contribution in [0.5, 0.6) is 0 Å². The van der Waals surface area contributed by atoms with E-state index in [0.29, 0.717) is 0 Å². The molecule has 0 saturated carbocycles. The fourth-order valence-electron chi connectivity index (χ4n) is 2.86. The second kappa shape index (κ2) is 4.21. The van der Waals surface area contributed by atoms with Gasteiger partial charge < -0.3 is 10.3 Å². The Kier molecular flexibility index (Phi) is 2.38. The van der Waals surface area contributed by atoms with Gasteiger partial charge in [0, 0.05) is 6.54 Å². The summed E-state index contributed by atoms with van der Waals surface area (Å²) in [6.45, 7) is 0.999. The molecule has 1 aliphatic heterocycles. The highest BCUT2D eigenvalue weighted by Gasteiger charge is 2.23. The average molecular weight is 249 g/mol. The van der Waals surface area contributed by atoms with Crippen molar-refractivity contribution in [1.82, 2.24) is 15.3 Å². The van der Waals surface area contributed by atoms with Gasteiger partial charge in [-0.05, 0) is 29.7 Å². The van der Waals surface area contributed by atoms with Crippen LogP contribution in [0.2, 0.25) is 0 Å². The topological polar surface area (TPSA) is 40.7 Å². The number of rotatable bonds is 1. The van der Waals surface area contributed by atoms with Gasteiger partial charge in [-0.1, -0.05) is 36.4 Å². The van der Waals surface area contributed by atoms with Crippen LogP contribution >= 0.6 is 0 Å². The normalized spacial score (nSPS) is 18.4. The molecular weight excluding hydrogens is 234 g/mol. The van der Waals surface area contributed by atoms with Gasteiger partial charge in [0.05, 0.1) is 17.1 Å². The molecule has 0 spiro atoms. The Morgan fingerprint density at radius 1 is 1.00 bits per heavy atom. The molecule has 19 heavy (non-hydrogen) atoms. The summed E-state index contributed by atoms with van der Waals surface area (Å²) in [7, 11) is 0. The van der Waals surface area contributed by atoms with Crippen LogP contribution in [-0.4, -0.2) is 16.5 Å². The van der Waals surface area contributed by atoms with Crippen LogP contribution in [0.15, 0.2) is 48.5 Å². The Labute approximate surface area is 111 Å². The SMILES string of the molecule is c1ccc2c(c1)CCN[C@@H]2c1nc2ccccc2[nH]1. The zero-order chi connectivity index (χ0) is 12.7. The van der Waals surface area contributed by atoms with E-state index in [1.165, 1.54) is 11.1 Å². The monoisotopic (exact) mass is 249 g/mol. The van der Waals surface area contributed by atoms with Crippen molar-refractivity contribution in [2.45, 2.75) is 12.5 Å². The minimum atomic E-state index is 0.178. The zero-order valence-electron chi connectivity index (χ0n) is 10.6. The number of hydrogen-bond acceptors (Lipinski definition) is 2. The molecule has 1 atom stereocenters. The van der Waals surface area contributed by atoms with Gasteiger partial charge in [0.2, 0.25) is 0 Å². The molecule has 2 aromatic carbocycles. The molecule has 0 bridgehead atoms. The van der Waals surface area contributed by atoms with Crippen LogP contribution in [0.25, 0.3) is 11.0 Å². The molecule has 2 heterocycles. The van der Waals surface area contributed by atoms with Crippen molar-refractivity contribution in [2.75, 3.05) is 6.54 Å². The Morgan fingerprint density at radius 2 is 1.84 bits per heavy atom. The smallest absolute Gasteiger partial charge is 0.129 e. The van der Waals surface area contributed by atoms with Gasteiger partial charge in [-0.3, -0.25) is 0 Å². The van der Waals surface area contributed by atoms with Crippen LogP contribution < -0.4 is 5.32 Å². The van der Waals surface area contributed by atoms with Crippen molar-refractivity contribution in [1.29, 1.82) is 0 Å². The quantitative estimate of drug-likeness (QED) is 0.696. The lowest BCUT2D eigenvalue weighted by Crippen LogP contribution is -2.31. The predicted molar refractivity (Wildman–Crippen MR) is 76.1 cm³/mol. The van der Waals surface area contributed by atoms with Crippen LogP contribution in [0.3, 0.4) is 0 Å². The Hall–Kier alpha value is -2.13. The first-order valence-corrected chi connectivity index (χ1v) is 6.68. The number of benzene rings is 2. The Balaban J connectivity index is 1.85. The highest BCUT2D eigenvalue weighted by Crippen LogP contribution is 2.28. The maximum atomic E-state index is 4.72. The van der Waals surface area contributed by atoms with E-state index < -0.39 is 0 Å². The van der Waals surface area contributed by atoms with Gasteiger partial charge in [-0.2, -0.15) is 0 Å². The predicted octanol–water partition coefficient (Wildman–Crippen LogP) is 2.80. The molecule has 4 rings (SSSR count). The molecular formula is C16H15N3. The standard InChI is InChI=1S/C16H15N3/c1-2-6-12-11(5-1)9-10-17-15(12)16-18-13-7-3-4-8-14(13)19-16/h1-8,15,17H,9-10H2,(H,18,19)/t15-/m0/s1. The molecule has 2 N–H and O–H groups in total. The van der Waals surface area contributed by atoms with E-state index in [1.54, 1.807) is 0 Å². The lowest BCUT2D eigenvalue weighted by Gasteiger charge is -2.25. The maximum Gasteiger partial charge on any atom is 0.129 e. The number of aromatic nitrogens is 2. The minimum Gasteiger partial charge on any atom is -0.340 e. The largest absolute Gasteiger partial charge is 0.340 e. The number of para-hydroxylation sites is 2. The molecule has 3 heteroatoms. The molecule has 0 saturated heterocycles. The maximum absolute atomic E-state index is 4.72. The summed E-state index contributed by atoms with van der Waals surface area (Å²) < 4.78 is 0. The van der Waals surface area contributed by atoms with Gasteiger partial charge in [0.25, 0.3) is 0 Å². The summed E-state index contributed by atoms with van der Waals surface area (Å²) in [5, 5.41) is 3.56. The first-order chi connectivity index (χ1) is 9.42. The van der Waals surface area contributed by atoms with E-state index >= 15 is 0 Å². The van der Waals surface area contributed by atoms with Crippen molar-refractivity contribution in [3.8, 4) is 0 Å². The van der Waals surface area contributed by atoms with Crippen molar-refractivity contribution in [3.63, 3.8) is 0 Å². The van der Waals surface area contributed by atoms with Crippen LogP contribution in [0, 0.1) is 0 Å². The molecule has 0 fully saturated rings. The third kappa shape index (κ3) is 1.74. The van der Waals surface area contributed by atoms with Crippen LogP contribution in [-0.2, 0) is 6.42 Å².